The quantitative estimate of drug-likeness (QED) is 0.756. The number of sulfonamides is 1. The van der Waals surface area contributed by atoms with Crippen LogP contribution in [-0.4, -0.2) is 31.2 Å². The number of anilines is 1. The summed E-state index contributed by atoms with van der Waals surface area (Å²) in [5.74, 6) is -0.884. The molecule has 5 nitrogen and oxygen atoms in total. The number of nitrogens with one attached hydrogen (secondary N) is 1. The van der Waals surface area contributed by atoms with E-state index in [1.54, 1.807) is 6.07 Å². The topological polar surface area (TPSA) is 66.5 Å². The minimum Gasteiger partial charge on any atom is -0.325 e. The molecule has 0 radical (unpaired) electrons. The first-order chi connectivity index (χ1) is 13.8. The van der Waals surface area contributed by atoms with Crippen molar-refractivity contribution in [3.63, 3.8) is 0 Å². The van der Waals surface area contributed by atoms with Crippen molar-refractivity contribution < 1.29 is 17.6 Å². The molecule has 0 spiro atoms. The van der Waals surface area contributed by atoms with Gasteiger partial charge in [-0.05, 0) is 74.2 Å². The first kappa shape index (κ1) is 21.5. The number of benzene rings is 2. The number of carbonyl (C=O) groups is 1. The molecular formula is C22H27FN2O3S. The maximum atomic E-state index is 13.3. The van der Waals surface area contributed by atoms with Gasteiger partial charge in [0.1, 0.15) is 5.82 Å². The van der Waals surface area contributed by atoms with Crippen LogP contribution in [0.3, 0.4) is 0 Å². The largest absolute Gasteiger partial charge is 0.325 e. The second kappa shape index (κ2) is 9.05. The van der Waals surface area contributed by atoms with Crippen molar-refractivity contribution in [1.29, 1.82) is 0 Å². The predicted octanol–water partition coefficient (Wildman–Crippen LogP) is 4.40. The smallest absolute Gasteiger partial charge is 0.243 e. The number of halogens is 1. The fourth-order valence-electron chi connectivity index (χ4n) is 3.68. The van der Waals surface area contributed by atoms with Gasteiger partial charge in [-0.3, -0.25) is 4.79 Å². The highest BCUT2D eigenvalue weighted by Gasteiger charge is 2.34. The standard InChI is InChI=1S/C22H27FN2O3S/c1-16-8-11-19(14-17(16)2)24-22(26)15-25(20-6-4-3-5-7-20)29(27,28)21-12-9-18(23)10-13-21/h8-14,20H,3-7,15H2,1-2H3,(H,24,26). The van der Waals surface area contributed by atoms with Crippen molar-refractivity contribution in [2.75, 3.05) is 11.9 Å². The third-order valence-electron chi connectivity index (χ3n) is 5.49. The van der Waals surface area contributed by atoms with Crippen molar-refractivity contribution in [1.82, 2.24) is 4.31 Å². The van der Waals surface area contributed by atoms with Gasteiger partial charge in [0.15, 0.2) is 0 Å². The van der Waals surface area contributed by atoms with E-state index in [4.69, 9.17) is 0 Å². The van der Waals surface area contributed by atoms with Gasteiger partial charge in [0.05, 0.1) is 11.4 Å². The van der Waals surface area contributed by atoms with Gasteiger partial charge in [0.25, 0.3) is 0 Å². The summed E-state index contributed by atoms with van der Waals surface area (Å²) in [6.45, 7) is 3.68. The molecule has 29 heavy (non-hydrogen) atoms. The van der Waals surface area contributed by atoms with Crippen LogP contribution in [0.25, 0.3) is 0 Å². The Bertz CT molecular complexity index is 968. The van der Waals surface area contributed by atoms with Crippen LogP contribution in [0.4, 0.5) is 10.1 Å². The van der Waals surface area contributed by atoms with Gasteiger partial charge in [-0.15, -0.1) is 0 Å². The van der Waals surface area contributed by atoms with Gasteiger partial charge in [-0.1, -0.05) is 25.3 Å². The zero-order chi connectivity index (χ0) is 21.0. The summed E-state index contributed by atoms with van der Waals surface area (Å²) in [6, 6.07) is 10.1. The molecule has 3 rings (SSSR count). The van der Waals surface area contributed by atoms with E-state index in [0.717, 1.165) is 55.4 Å². The van der Waals surface area contributed by atoms with E-state index in [9.17, 15) is 17.6 Å². The third-order valence-corrected chi connectivity index (χ3v) is 7.40. The highest BCUT2D eigenvalue weighted by atomic mass is 32.2. The Balaban J connectivity index is 1.84. The average molecular weight is 419 g/mol. The molecule has 1 aliphatic carbocycles. The first-order valence-corrected chi connectivity index (χ1v) is 11.4. The number of hydrogen-bond donors (Lipinski definition) is 1. The fraction of sp³-hybridized carbons (Fsp3) is 0.409. The van der Waals surface area contributed by atoms with Gasteiger partial charge in [-0.25, -0.2) is 12.8 Å². The zero-order valence-electron chi connectivity index (χ0n) is 16.8. The Hall–Kier alpha value is -2.25. The lowest BCUT2D eigenvalue weighted by atomic mass is 9.95. The number of hydrogen-bond acceptors (Lipinski definition) is 3. The minimum atomic E-state index is -3.91. The fourth-order valence-corrected chi connectivity index (χ4v) is 5.32. The summed E-state index contributed by atoms with van der Waals surface area (Å²) in [7, 11) is -3.91. The van der Waals surface area contributed by atoms with Crippen LogP contribution in [0.1, 0.15) is 43.2 Å². The number of nitrogens with zero attached hydrogens (tertiary/aromatic N) is 1. The van der Waals surface area contributed by atoms with Crippen LogP contribution >= 0.6 is 0 Å². The first-order valence-electron chi connectivity index (χ1n) is 9.92. The molecule has 0 heterocycles. The molecule has 1 fully saturated rings. The summed E-state index contributed by atoms with van der Waals surface area (Å²) in [4.78, 5) is 12.7. The number of rotatable bonds is 6. The highest BCUT2D eigenvalue weighted by Crippen LogP contribution is 2.28. The Labute approximate surface area is 172 Å². The van der Waals surface area contributed by atoms with Gasteiger partial charge in [-0.2, -0.15) is 4.31 Å². The van der Waals surface area contributed by atoms with E-state index in [1.807, 2.05) is 26.0 Å². The summed E-state index contributed by atoms with van der Waals surface area (Å²) in [5, 5.41) is 2.81. The van der Waals surface area contributed by atoms with Crippen LogP contribution in [0.15, 0.2) is 47.4 Å². The maximum absolute atomic E-state index is 13.3. The highest BCUT2D eigenvalue weighted by molar-refractivity contribution is 7.89. The van der Waals surface area contributed by atoms with Crippen molar-refractivity contribution in [2.45, 2.75) is 56.9 Å². The second-order valence-corrected chi connectivity index (χ2v) is 9.53. The maximum Gasteiger partial charge on any atom is 0.243 e. The molecule has 1 amide bonds. The molecule has 7 heteroatoms. The summed E-state index contributed by atoms with van der Waals surface area (Å²) < 4.78 is 41.1. The average Bonchev–Trinajstić information content (AvgIpc) is 2.70. The summed E-state index contributed by atoms with van der Waals surface area (Å²) in [6.07, 6.45) is 4.36. The van der Waals surface area contributed by atoms with Crippen molar-refractivity contribution in [3.8, 4) is 0 Å². The van der Waals surface area contributed by atoms with E-state index < -0.39 is 15.8 Å². The Morgan fingerprint density at radius 2 is 1.69 bits per heavy atom. The Morgan fingerprint density at radius 1 is 1.03 bits per heavy atom. The minimum absolute atomic E-state index is 0.00320. The Kier molecular flexibility index (Phi) is 6.70. The van der Waals surface area contributed by atoms with Crippen LogP contribution in [0.2, 0.25) is 0 Å². The molecule has 2 aromatic carbocycles. The van der Waals surface area contributed by atoms with E-state index in [2.05, 4.69) is 5.32 Å². The number of aryl methyl sites for hydroxylation is 2. The van der Waals surface area contributed by atoms with Crippen molar-refractivity contribution in [3.05, 3.63) is 59.4 Å². The van der Waals surface area contributed by atoms with Crippen LogP contribution < -0.4 is 5.32 Å². The van der Waals surface area contributed by atoms with Crippen molar-refractivity contribution in [2.24, 2.45) is 0 Å². The lowest BCUT2D eigenvalue weighted by Crippen LogP contribution is -2.45. The molecular weight excluding hydrogens is 391 g/mol. The van der Waals surface area contributed by atoms with Gasteiger partial charge in [0, 0.05) is 11.7 Å². The van der Waals surface area contributed by atoms with E-state index in [0.29, 0.717) is 5.69 Å². The Morgan fingerprint density at radius 3 is 2.31 bits per heavy atom. The number of carbonyl (C=O) groups excluding carboxylic acids is 1. The molecule has 0 atom stereocenters. The lowest BCUT2D eigenvalue weighted by Gasteiger charge is -2.33. The zero-order valence-corrected chi connectivity index (χ0v) is 17.6. The van der Waals surface area contributed by atoms with Gasteiger partial charge in [0.2, 0.25) is 15.9 Å². The molecule has 2 aromatic rings. The van der Waals surface area contributed by atoms with Gasteiger partial charge >= 0.3 is 0 Å². The third kappa shape index (κ3) is 5.22. The van der Waals surface area contributed by atoms with Gasteiger partial charge < -0.3 is 5.32 Å². The predicted molar refractivity (Wildman–Crippen MR) is 112 cm³/mol. The van der Waals surface area contributed by atoms with Crippen LogP contribution in [0.5, 0.6) is 0 Å². The molecule has 1 aliphatic rings. The van der Waals surface area contributed by atoms with Crippen LogP contribution in [-0.2, 0) is 14.8 Å². The summed E-state index contributed by atoms with van der Waals surface area (Å²) in [5.41, 5.74) is 2.80. The van der Waals surface area contributed by atoms with Crippen LogP contribution in [0, 0.1) is 19.7 Å². The molecule has 0 unspecified atom stereocenters. The van der Waals surface area contributed by atoms with Crippen molar-refractivity contribution >= 4 is 21.6 Å². The summed E-state index contributed by atoms with van der Waals surface area (Å²) >= 11 is 0. The molecule has 0 saturated heterocycles. The molecule has 0 bridgehead atoms. The monoisotopic (exact) mass is 418 g/mol. The molecule has 1 saturated carbocycles. The van der Waals surface area contributed by atoms with E-state index >= 15 is 0 Å². The van der Waals surface area contributed by atoms with E-state index in [-0.39, 0.29) is 23.4 Å². The molecule has 156 valence electrons. The normalized spacial score (nSPS) is 15.4. The lowest BCUT2D eigenvalue weighted by molar-refractivity contribution is -0.116. The SMILES string of the molecule is Cc1ccc(NC(=O)CN(C2CCCCC2)S(=O)(=O)c2ccc(F)cc2)cc1C. The van der Waals surface area contributed by atoms with E-state index in [1.165, 1.54) is 16.4 Å². The molecule has 0 aromatic heterocycles. The molecule has 1 N–H and O–H groups in total. The second-order valence-electron chi connectivity index (χ2n) is 7.64. The number of amides is 1. The molecule has 0 aliphatic heterocycles.